The van der Waals surface area contributed by atoms with Crippen LogP contribution in [-0.2, 0) is 17.8 Å². The van der Waals surface area contributed by atoms with E-state index in [0.29, 0.717) is 46.9 Å². The summed E-state index contributed by atoms with van der Waals surface area (Å²) in [6, 6.07) is 6.30. The molecule has 2 aromatic carbocycles. The lowest BCUT2D eigenvalue weighted by Gasteiger charge is -2.39. The number of aromatic hydroxyl groups is 2. The molecule has 0 amide bonds. The second-order valence-electron chi connectivity index (χ2n) is 15.6. The van der Waals surface area contributed by atoms with E-state index in [9.17, 15) is 35.4 Å². The number of benzene rings is 2. The highest BCUT2D eigenvalue weighted by molar-refractivity contribution is 5.92. The monoisotopic (exact) mass is 714 g/mol. The maximum Gasteiger partial charge on any atom is 0.229 e. The zero-order valence-electron chi connectivity index (χ0n) is 31.2. The van der Waals surface area contributed by atoms with Crippen molar-refractivity contribution < 1.29 is 44.5 Å². The molecule has 0 saturated carbocycles. The topological polar surface area (TPSA) is 177 Å². The van der Waals surface area contributed by atoms with Crippen molar-refractivity contribution in [2.24, 2.45) is 23.7 Å². The predicted octanol–water partition coefficient (Wildman–Crippen LogP) is 4.28. The number of phenols is 2. The van der Waals surface area contributed by atoms with E-state index in [2.05, 4.69) is 65.2 Å². The molecule has 3 aromatic rings. The number of rotatable bonds is 16. The van der Waals surface area contributed by atoms with E-state index in [1.54, 1.807) is 24.3 Å². The summed E-state index contributed by atoms with van der Waals surface area (Å²) >= 11 is 0. The Hall–Kier alpha value is -3.23. The minimum absolute atomic E-state index is 0.0000304. The third-order valence-electron chi connectivity index (χ3n) is 8.88. The van der Waals surface area contributed by atoms with Crippen molar-refractivity contribution in [1.82, 2.24) is 9.80 Å². The van der Waals surface area contributed by atoms with Crippen molar-refractivity contribution >= 4 is 11.0 Å². The number of hydrogen-bond acceptors (Lipinski definition) is 12. The van der Waals surface area contributed by atoms with Crippen LogP contribution in [0.25, 0.3) is 22.1 Å². The number of aliphatic hydroxyl groups is 4. The Morgan fingerprint density at radius 1 is 0.725 bits per heavy atom. The van der Waals surface area contributed by atoms with E-state index < -0.39 is 42.7 Å². The molecule has 51 heavy (non-hydrogen) atoms. The summed E-state index contributed by atoms with van der Waals surface area (Å²) in [6.07, 6.45) is -5.83. The molecule has 5 atom stereocenters. The van der Waals surface area contributed by atoms with Gasteiger partial charge >= 0.3 is 0 Å². The first-order chi connectivity index (χ1) is 24.0. The summed E-state index contributed by atoms with van der Waals surface area (Å²) in [7, 11) is 0. The second kappa shape index (κ2) is 17.5. The van der Waals surface area contributed by atoms with E-state index in [1.165, 1.54) is 6.26 Å². The average molecular weight is 715 g/mol. The molecule has 4 rings (SSSR count). The van der Waals surface area contributed by atoms with Gasteiger partial charge in [-0.05, 0) is 41.4 Å². The van der Waals surface area contributed by atoms with Crippen molar-refractivity contribution in [2.45, 2.75) is 99.2 Å². The van der Waals surface area contributed by atoms with Crippen LogP contribution >= 0.6 is 0 Å². The first-order valence-electron chi connectivity index (χ1n) is 18.1. The van der Waals surface area contributed by atoms with Gasteiger partial charge in [0.05, 0.1) is 23.3 Å². The predicted molar refractivity (Wildman–Crippen MR) is 196 cm³/mol. The Labute approximate surface area is 300 Å². The highest BCUT2D eigenvalue weighted by Crippen LogP contribution is 2.41. The number of ether oxygens (including phenoxy) is 2. The molecule has 0 radical (unpaired) electrons. The van der Waals surface area contributed by atoms with Gasteiger partial charge in [0.15, 0.2) is 0 Å². The van der Waals surface area contributed by atoms with Gasteiger partial charge in [0, 0.05) is 39.3 Å². The Morgan fingerprint density at radius 2 is 1.24 bits per heavy atom. The van der Waals surface area contributed by atoms with Crippen LogP contribution in [0.3, 0.4) is 0 Å². The van der Waals surface area contributed by atoms with Crippen LogP contribution in [0.5, 0.6) is 17.2 Å². The lowest BCUT2D eigenvalue weighted by molar-refractivity contribution is -0.277. The standard InChI is InChI=1S/C39H58N2O10/c1-21(2)13-40(14-22(3)4)17-27-32(43)28(18-41(15-23(5)6)16-24(7)8)38-31(33(27)44)34(45)29(20-49-38)25-9-11-26(12-10-25)50-39-37(48)36(47)35(46)30(19-42)51-39/h9-12,20-24,30,35-37,39,42-44,46-48H,13-19H2,1-8H3/t30-,35-,36+,37-,39-/m1/s1. The van der Waals surface area contributed by atoms with Crippen LogP contribution in [0, 0.1) is 23.7 Å². The molecular formula is C39H58N2O10. The van der Waals surface area contributed by atoms with Crippen LogP contribution in [-0.4, -0.2) is 104 Å². The summed E-state index contributed by atoms with van der Waals surface area (Å²) in [6.45, 7) is 20.0. The van der Waals surface area contributed by atoms with Crippen molar-refractivity contribution in [2.75, 3.05) is 32.8 Å². The Bertz CT molecular complexity index is 1620. The van der Waals surface area contributed by atoms with Gasteiger partial charge < -0.3 is 44.5 Å². The summed E-state index contributed by atoms with van der Waals surface area (Å²) in [5.74, 6) is 1.24. The highest BCUT2D eigenvalue weighted by Gasteiger charge is 2.44. The average Bonchev–Trinajstić information content (AvgIpc) is 3.04. The first kappa shape index (κ1) is 40.5. The van der Waals surface area contributed by atoms with Gasteiger partial charge in [-0.25, -0.2) is 0 Å². The summed E-state index contributed by atoms with van der Waals surface area (Å²) in [5.41, 5.74) is 1.08. The molecule has 12 heteroatoms. The quantitative estimate of drug-likeness (QED) is 0.124. The Balaban J connectivity index is 1.79. The lowest BCUT2D eigenvalue weighted by atomic mass is 9.97. The molecule has 284 valence electrons. The van der Waals surface area contributed by atoms with Gasteiger partial charge in [-0.15, -0.1) is 0 Å². The molecule has 0 spiro atoms. The van der Waals surface area contributed by atoms with Crippen molar-refractivity contribution in [3.8, 4) is 28.4 Å². The SMILES string of the molecule is CC(C)CN(Cc1c(O)c(CN(CC(C)C)CC(C)C)c2occ(-c3ccc(O[C@@H]4O[C@H](CO)[C@@H](O)[C@H](O)[C@H]4O)cc3)c(=O)c2c1O)CC(C)C. The second-order valence-corrected chi connectivity index (χ2v) is 15.6. The molecule has 6 N–H and O–H groups in total. The molecule has 0 bridgehead atoms. The van der Waals surface area contributed by atoms with Crippen LogP contribution in [0.4, 0.5) is 0 Å². The third-order valence-corrected chi connectivity index (χ3v) is 8.88. The fraction of sp³-hybridized carbons (Fsp3) is 0.615. The van der Waals surface area contributed by atoms with Gasteiger partial charge in [0.25, 0.3) is 0 Å². The van der Waals surface area contributed by atoms with E-state index >= 15 is 0 Å². The molecule has 1 aliphatic rings. The molecule has 1 saturated heterocycles. The van der Waals surface area contributed by atoms with Crippen LogP contribution < -0.4 is 10.2 Å². The van der Waals surface area contributed by atoms with Crippen LogP contribution in [0.15, 0.2) is 39.7 Å². The fourth-order valence-corrected chi connectivity index (χ4v) is 6.89. The molecule has 2 heterocycles. The lowest BCUT2D eigenvalue weighted by Crippen LogP contribution is -2.60. The number of aliphatic hydroxyl groups excluding tert-OH is 4. The van der Waals surface area contributed by atoms with E-state index in [1.807, 2.05) is 0 Å². The smallest absolute Gasteiger partial charge is 0.229 e. The zero-order chi connectivity index (χ0) is 37.7. The van der Waals surface area contributed by atoms with Gasteiger partial charge in [0.1, 0.15) is 58.9 Å². The molecule has 12 nitrogen and oxygen atoms in total. The third kappa shape index (κ3) is 9.81. The van der Waals surface area contributed by atoms with Gasteiger partial charge in [-0.2, -0.15) is 0 Å². The van der Waals surface area contributed by atoms with Crippen molar-refractivity contribution in [3.05, 3.63) is 51.9 Å². The summed E-state index contributed by atoms with van der Waals surface area (Å²) in [4.78, 5) is 18.8. The fourth-order valence-electron chi connectivity index (χ4n) is 6.89. The van der Waals surface area contributed by atoms with Crippen molar-refractivity contribution in [1.29, 1.82) is 0 Å². The van der Waals surface area contributed by atoms with E-state index in [0.717, 1.165) is 26.2 Å². The molecular weight excluding hydrogens is 656 g/mol. The van der Waals surface area contributed by atoms with Crippen LogP contribution in [0.1, 0.15) is 66.5 Å². The maximum atomic E-state index is 14.3. The Morgan fingerprint density at radius 3 is 1.73 bits per heavy atom. The molecule has 0 aliphatic carbocycles. The minimum atomic E-state index is -1.59. The first-order valence-corrected chi connectivity index (χ1v) is 18.1. The minimum Gasteiger partial charge on any atom is -0.507 e. The van der Waals surface area contributed by atoms with E-state index in [4.69, 9.17) is 13.9 Å². The van der Waals surface area contributed by atoms with Gasteiger partial charge in [-0.3, -0.25) is 14.6 Å². The van der Waals surface area contributed by atoms with Crippen molar-refractivity contribution in [3.63, 3.8) is 0 Å². The molecule has 1 aromatic heterocycles. The molecule has 1 fully saturated rings. The number of nitrogens with zero attached hydrogens (tertiary/aromatic N) is 2. The van der Waals surface area contributed by atoms with Gasteiger partial charge in [0.2, 0.25) is 11.7 Å². The zero-order valence-corrected chi connectivity index (χ0v) is 31.2. The highest BCUT2D eigenvalue weighted by atomic mass is 16.7. The van der Waals surface area contributed by atoms with Gasteiger partial charge in [-0.1, -0.05) is 67.5 Å². The van der Waals surface area contributed by atoms with Crippen LogP contribution in [0.2, 0.25) is 0 Å². The number of fused-ring (bicyclic) bond motifs is 1. The van der Waals surface area contributed by atoms with E-state index in [-0.39, 0.29) is 40.3 Å². The molecule has 0 unspecified atom stereocenters. The number of hydrogen-bond donors (Lipinski definition) is 6. The number of phenolic OH excluding ortho intramolecular Hbond substituents is 2. The maximum absolute atomic E-state index is 14.3. The summed E-state index contributed by atoms with van der Waals surface area (Å²) in [5, 5.41) is 63.7. The Kier molecular flexibility index (Phi) is 13.9. The molecule has 1 aliphatic heterocycles. The largest absolute Gasteiger partial charge is 0.507 e. The normalized spacial score (nSPS) is 21.3. The summed E-state index contributed by atoms with van der Waals surface area (Å²) < 4.78 is 17.3.